The normalized spacial score (nSPS) is 23.7. The topological polar surface area (TPSA) is 45.4 Å². The SMILES string of the molecule is NC1CCCN(c2ccncc2N2C=CS[C@H]2c2ccccc2)C1. The summed E-state index contributed by atoms with van der Waals surface area (Å²) in [6.45, 7) is 1.98. The Hall–Kier alpha value is -1.98. The molecule has 0 spiro atoms. The number of hydrogen-bond acceptors (Lipinski definition) is 5. The van der Waals surface area contributed by atoms with Gasteiger partial charge in [0.2, 0.25) is 0 Å². The Morgan fingerprint density at radius 3 is 2.83 bits per heavy atom. The summed E-state index contributed by atoms with van der Waals surface area (Å²) < 4.78 is 0. The van der Waals surface area contributed by atoms with Crippen molar-refractivity contribution in [3.63, 3.8) is 0 Å². The van der Waals surface area contributed by atoms with Crippen LogP contribution < -0.4 is 15.5 Å². The molecule has 2 aliphatic heterocycles. The molecule has 0 radical (unpaired) electrons. The van der Waals surface area contributed by atoms with Crippen molar-refractivity contribution in [1.82, 2.24) is 4.98 Å². The third-order valence-electron chi connectivity index (χ3n) is 4.62. The van der Waals surface area contributed by atoms with Gasteiger partial charge in [-0.3, -0.25) is 4.98 Å². The standard InChI is InChI=1S/C19H22N4S/c20-16-7-4-10-22(14-16)17-8-9-21-13-18(17)23-11-12-24-19(23)15-5-2-1-3-6-15/h1-3,5-6,8-9,11-13,16,19H,4,7,10,14,20H2/t16?,19-/m0/s1. The number of aromatic nitrogens is 1. The van der Waals surface area contributed by atoms with Crippen molar-refractivity contribution in [3.05, 3.63) is 66.0 Å². The lowest BCUT2D eigenvalue weighted by atomic mass is 10.1. The van der Waals surface area contributed by atoms with Gasteiger partial charge in [-0.2, -0.15) is 0 Å². The third kappa shape index (κ3) is 3.01. The van der Waals surface area contributed by atoms with Crippen molar-refractivity contribution in [2.75, 3.05) is 22.9 Å². The van der Waals surface area contributed by atoms with Gasteiger partial charge in [0.05, 0.1) is 17.6 Å². The molecule has 1 aromatic heterocycles. The maximum absolute atomic E-state index is 6.20. The molecule has 2 aliphatic rings. The molecule has 5 heteroatoms. The molecule has 3 heterocycles. The monoisotopic (exact) mass is 338 g/mol. The first-order chi connectivity index (χ1) is 11.8. The van der Waals surface area contributed by atoms with Crippen LogP contribution in [0.25, 0.3) is 0 Å². The third-order valence-corrected chi connectivity index (χ3v) is 5.66. The Morgan fingerprint density at radius 1 is 1.12 bits per heavy atom. The molecule has 2 N–H and O–H groups in total. The minimum absolute atomic E-state index is 0.257. The van der Waals surface area contributed by atoms with Crippen LogP contribution >= 0.6 is 11.8 Å². The van der Waals surface area contributed by atoms with Gasteiger partial charge >= 0.3 is 0 Å². The minimum Gasteiger partial charge on any atom is -0.368 e. The highest BCUT2D eigenvalue weighted by Gasteiger charge is 2.27. The first-order valence-electron chi connectivity index (χ1n) is 8.43. The van der Waals surface area contributed by atoms with E-state index >= 15 is 0 Å². The van der Waals surface area contributed by atoms with Crippen molar-refractivity contribution < 1.29 is 0 Å². The highest BCUT2D eigenvalue weighted by molar-refractivity contribution is 8.02. The molecule has 1 fully saturated rings. The minimum atomic E-state index is 0.257. The number of benzene rings is 1. The van der Waals surface area contributed by atoms with E-state index in [0.29, 0.717) is 0 Å². The van der Waals surface area contributed by atoms with Crippen molar-refractivity contribution >= 4 is 23.1 Å². The number of pyridine rings is 1. The molecule has 0 bridgehead atoms. The summed E-state index contributed by atoms with van der Waals surface area (Å²) in [7, 11) is 0. The van der Waals surface area contributed by atoms with Crippen LogP contribution in [-0.4, -0.2) is 24.1 Å². The van der Waals surface area contributed by atoms with Gasteiger partial charge < -0.3 is 15.5 Å². The second-order valence-corrected chi connectivity index (χ2v) is 7.30. The predicted molar refractivity (Wildman–Crippen MR) is 102 cm³/mol. The molecule has 2 atom stereocenters. The zero-order valence-electron chi connectivity index (χ0n) is 13.6. The van der Waals surface area contributed by atoms with E-state index in [1.165, 1.54) is 11.3 Å². The van der Waals surface area contributed by atoms with Gasteiger partial charge in [0.1, 0.15) is 5.37 Å². The molecule has 0 aliphatic carbocycles. The number of piperidine rings is 1. The molecule has 0 amide bonds. The number of hydrogen-bond donors (Lipinski definition) is 1. The highest BCUT2D eigenvalue weighted by atomic mass is 32.2. The second kappa shape index (κ2) is 6.87. The average molecular weight is 338 g/mol. The molecule has 1 unspecified atom stereocenters. The van der Waals surface area contributed by atoms with Gasteiger partial charge in [-0.05, 0) is 29.9 Å². The van der Waals surface area contributed by atoms with Crippen LogP contribution in [0.4, 0.5) is 11.4 Å². The van der Waals surface area contributed by atoms with Crippen LogP contribution in [0.3, 0.4) is 0 Å². The van der Waals surface area contributed by atoms with E-state index < -0.39 is 0 Å². The fourth-order valence-corrected chi connectivity index (χ4v) is 4.44. The summed E-state index contributed by atoms with van der Waals surface area (Å²) in [6, 6.07) is 13.0. The fourth-order valence-electron chi connectivity index (χ4n) is 3.46. The summed E-state index contributed by atoms with van der Waals surface area (Å²) in [5, 5.41) is 2.42. The van der Waals surface area contributed by atoms with Crippen LogP contribution in [0.1, 0.15) is 23.8 Å². The van der Waals surface area contributed by atoms with Crippen molar-refractivity contribution in [3.8, 4) is 0 Å². The molecular weight excluding hydrogens is 316 g/mol. The Balaban J connectivity index is 1.67. The Morgan fingerprint density at radius 2 is 2.00 bits per heavy atom. The summed E-state index contributed by atoms with van der Waals surface area (Å²) in [5.74, 6) is 0. The smallest absolute Gasteiger partial charge is 0.109 e. The average Bonchev–Trinajstić information content (AvgIpc) is 3.12. The number of thioether (sulfide) groups is 1. The summed E-state index contributed by atoms with van der Waals surface area (Å²) in [4.78, 5) is 9.12. The molecule has 0 saturated carbocycles. The van der Waals surface area contributed by atoms with Crippen LogP contribution in [-0.2, 0) is 0 Å². The summed E-state index contributed by atoms with van der Waals surface area (Å²) in [6.07, 6.45) is 8.27. The maximum Gasteiger partial charge on any atom is 0.109 e. The van der Waals surface area contributed by atoms with Crippen molar-refractivity contribution in [1.29, 1.82) is 0 Å². The lowest BCUT2D eigenvalue weighted by Gasteiger charge is -2.36. The molecule has 1 aromatic carbocycles. The molecule has 4 nitrogen and oxygen atoms in total. The van der Waals surface area contributed by atoms with E-state index in [0.717, 1.165) is 31.6 Å². The Labute approximate surface area is 147 Å². The van der Waals surface area contributed by atoms with E-state index in [1.54, 1.807) is 0 Å². The van der Waals surface area contributed by atoms with Gasteiger partial charge in [0.15, 0.2) is 0 Å². The zero-order valence-corrected chi connectivity index (χ0v) is 14.4. The molecule has 2 aromatic rings. The lowest BCUT2D eigenvalue weighted by molar-refractivity contribution is 0.506. The molecule has 1 saturated heterocycles. The summed E-state index contributed by atoms with van der Waals surface area (Å²) in [5.41, 5.74) is 9.88. The molecule has 124 valence electrons. The van der Waals surface area contributed by atoms with Crippen LogP contribution in [0.2, 0.25) is 0 Å². The number of anilines is 2. The van der Waals surface area contributed by atoms with Gasteiger partial charge in [-0.15, -0.1) is 11.8 Å². The quantitative estimate of drug-likeness (QED) is 0.924. The number of rotatable bonds is 3. The van der Waals surface area contributed by atoms with Crippen LogP contribution in [0, 0.1) is 0 Å². The Bertz CT molecular complexity index is 718. The van der Waals surface area contributed by atoms with Gasteiger partial charge in [0, 0.05) is 31.5 Å². The Kier molecular flexibility index (Phi) is 4.45. The number of nitrogens with zero attached hydrogens (tertiary/aromatic N) is 3. The zero-order chi connectivity index (χ0) is 16.4. The van der Waals surface area contributed by atoms with E-state index in [1.807, 2.05) is 24.2 Å². The van der Waals surface area contributed by atoms with Crippen LogP contribution in [0.15, 0.2) is 60.4 Å². The number of nitrogens with two attached hydrogens (primary N) is 1. The van der Waals surface area contributed by atoms with E-state index in [9.17, 15) is 0 Å². The van der Waals surface area contributed by atoms with Crippen LogP contribution in [0.5, 0.6) is 0 Å². The maximum atomic E-state index is 6.20. The second-order valence-electron chi connectivity index (χ2n) is 6.30. The van der Waals surface area contributed by atoms with E-state index in [2.05, 4.69) is 62.8 Å². The van der Waals surface area contributed by atoms with Gasteiger partial charge in [-0.25, -0.2) is 0 Å². The molecule has 24 heavy (non-hydrogen) atoms. The van der Waals surface area contributed by atoms with E-state index in [4.69, 9.17) is 5.73 Å². The lowest BCUT2D eigenvalue weighted by Crippen LogP contribution is -2.43. The van der Waals surface area contributed by atoms with Gasteiger partial charge in [-0.1, -0.05) is 30.3 Å². The predicted octanol–water partition coefficient (Wildman–Crippen LogP) is 3.73. The highest BCUT2D eigenvalue weighted by Crippen LogP contribution is 2.44. The van der Waals surface area contributed by atoms with E-state index in [-0.39, 0.29) is 11.4 Å². The fraction of sp³-hybridized carbons (Fsp3) is 0.316. The largest absolute Gasteiger partial charge is 0.368 e. The van der Waals surface area contributed by atoms with Gasteiger partial charge in [0.25, 0.3) is 0 Å². The first kappa shape index (κ1) is 15.5. The molecule has 4 rings (SSSR count). The molecular formula is C19H22N4S. The summed E-state index contributed by atoms with van der Waals surface area (Å²) >= 11 is 1.83. The van der Waals surface area contributed by atoms with Crippen molar-refractivity contribution in [2.24, 2.45) is 5.73 Å². The van der Waals surface area contributed by atoms with Crippen molar-refractivity contribution in [2.45, 2.75) is 24.3 Å². The first-order valence-corrected chi connectivity index (χ1v) is 9.37.